The standard InChI is InChI=1S/C12H13Cl2N3O/c1-2-3-10(15)12-16-11(17-18-12)7-4-8(13)6-9(14)5-7/h4-6,10H,2-3,15H2,1H3/t10-/m1/s1. The SMILES string of the molecule is CCC[C@@H](N)c1nc(-c2cc(Cl)cc(Cl)c2)no1. The third kappa shape index (κ3) is 3.02. The Balaban J connectivity index is 2.29. The highest BCUT2D eigenvalue weighted by Crippen LogP contribution is 2.26. The molecule has 4 nitrogen and oxygen atoms in total. The molecular formula is C12H13Cl2N3O. The molecule has 0 aliphatic heterocycles. The monoisotopic (exact) mass is 285 g/mol. The molecule has 6 heteroatoms. The second-order valence-electron chi connectivity index (χ2n) is 4.01. The maximum absolute atomic E-state index is 5.92. The Labute approximate surface area is 115 Å². The number of rotatable bonds is 4. The van der Waals surface area contributed by atoms with Gasteiger partial charge < -0.3 is 10.3 Å². The number of hydrogen-bond donors (Lipinski definition) is 1. The summed E-state index contributed by atoms with van der Waals surface area (Å²) in [6.45, 7) is 2.05. The summed E-state index contributed by atoms with van der Waals surface area (Å²) in [4.78, 5) is 4.26. The van der Waals surface area contributed by atoms with Crippen LogP contribution in [0.25, 0.3) is 11.4 Å². The van der Waals surface area contributed by atoms with Gasteiger partial charge in [0.15, 0.2) is 0 Å². The average Bonchev–Trinajstić information content (AvgIpc) is 2.77. The Hall–Kier alpha value is -1.10. The predicted octanol–water partition coefficient (Wildman–Crippen LogP) is 3.84. The summed E-state index contributed by atoms with van der Waals surface area (Å²) in [6, 6.07) is 4.88. The van der Waals surface area contributed by atoms with E-state index in [0.29, 0.717) is 27.3 Å². The van der Waals surface area contributed by atoms with E-state index in [1.54, 1.807) is 18.2 Å². The van der Waals surface area contributed by atoms with Gasteiger partial charge in [-0.05, 0) is 24.6 Å². The van der Waals surface area contributed by atoms with Crippen molar-refractivity contribution in [2.75, 3.05) is 0 Å². The predicted molar refractivity (Wildman–Crippen MR) is 71.6 cm³/mol. The first-order chi connectivity index (χ1) is 8.60. The molecule has 0 aliphatic rings. The minimum Gasteiger partial charge on any atom is -0.337 e. The Morgan fingerprint density at radius 2 is 1.94 bits per heavy atom. The normalized spacial score (nSPS) is 12.7. The van der Waals surface area contributed by atoms with Crippen molar-refractivity contribution >= 4 is 23.2 Å². The summed E-state index contributed by atoms with van der Waals surface area (Å²) >= 11 is 11.8. The van der Waals surface area contributed by atoms with Crippen LogP contribution in [0, 0.1) is 0 Å². The fourth-order valence-electron chi connectivity index (χ4n) is 1.62. The topological polar surface area (TPSA) is 64.9 Å². The van der Waals surface area contributed by atoms with Crippen LogP contribution in [-0.2, 0) is 0 Å². The maximum atomic E-state index is 5.92. The minimum absolute atomic E-state index is 0.231. The van der Waals surface area contributed by atoms with Crippen LogP contribution in [-0.4, -0.2) is 10.1 Å². The molecule has 0 saturated heterocycles. The Morgan fingerprint density at radius 3 is 2.56 bits per heavy atom. The van der Waals surface area contributed by atoms with Gasteiger partial charge in [-0.2, -0.15) is 4.98 Å². The molecule has 1 aromatic carbocycles. The van der Waals surface area contributed by atoms with E-state index in [9.17, 15) is 0 Å². The van der Waals surface area contributed by atoms with Crippen LogP contribution in [0.1, 0.15) is 31.7 Å². The third-order valence-corrected chi connectivity index (χ3v) is 2.92. The molecule has 0 fully saturated rings. The van der Waals surface area contributed by atoms with Gasteiger partial charge in [0, 0.05) is 15.6 Å². The summed E-state index contributed by atoms with van der Waals surface area (Å²) in [7, 11) is 0. The number of hydrogen-bond acceptors (Lipinski definition) is 4. The van der Waals surface area contributed by atoms with Crippen molar-refractivity contribution in [1.82, 2.24) is 10.1 Å². The molecule has 2 aromatic rings. The molecule has 96 valence electrons. The molecule has 0 bridgehead atoms. The van der Waals surface area contributed by atoms with Gasteiger partial charge in [0.05, 0.1) is 6.04 Å². The molecule has 2 rings (SSSR count). The average molecular weight is 286 g/mol. The van der Waals surface area contributed by atoms with Crippen LogP contribution in [0.3, 0.4) is 0 Å². The van der Waals surface area contributed by atoms with E-state index in [1.165, 1.54) is 0 Å². The molecule has 0 radical (unpaired) electrons. The highest BCUT2D eigenvalue weighted by molar-refractivity contribution is 6.35. The molecular weight excluding hydrogens is 273 g/mol. The first-order valence-electron chi connectivity index (χ1n) is 5.65. The molecule has 0 amide bonds. The summed E-state index contributed by atoms with van der Waals surface area (Å²) in [5, 5.41) is 4.95. The summed E-state index contributed by atoms with van der Waals surface area (Å²) in [6.07, 6.45) is 1.76. The van der Waals surface area contributed by atoms with Gasteiger partial charge in [-0.3, -0.25) is 0 Å². The van der Waals surface area contributed by atoms with Crippen molar-refractivity contribution in [3.8, 4) is 11.4 Å². The summed E-state index contributed by atoms with van der Waals surface area (Å²) in [5.41, 5.74) is 6.62. The van der Waals surface area contributed by atoms with Crippen molar-refractivity contribution in [2.24, 2.45) is 5.73 Å². The minimum atomic E-state index is -0.231. The third-order valence-electron chi connectivity index (χ3n) is 2.48. The van der Waals surface area contributed by atoms with E-state index < -0.39 is 0 Å². The Bertz CT molecular complexity index is 522. The molecule has 1 atom stereocenters. The van der Waals surface area contributed by atoms with E-state index in [1.807, 2.05) is 6.92 Å². The van der Waals surface area contributed by atoms with E-state index >= 15 is 0 Å². The van der Waals surface area contributed by atoms with Crippen molar-refractivity contribution in [2.45, 2.75) is 25.8 Å². The van der Waals surface area contributed by atoms with Crippen LogP contribution in [0.2, 0.25) is 10.0 Å². The van der Waals surface area contributed by atoms with Gasteiger partial charge in [-0.15, -0.1) is 0 Å². The van der Waals surface area contributed by atoms with E-state index in [2.05, 4.69) is 10.1 Å². The van der Waals surface area contributed by atoms with Crippen LogP contribution >= 0.6 is 23.2 Å². The maximum Gasteiger partial charge on any atom is 0.243 e. The van der Waals surface area contributed by atoms with Gasteiger partial charge in [0.1, 0.15) is 0 Å². The lowest BCUT2D eigenvalue weighted by Gasteiger charge is -2.02. The van der Waals surface area contributed by atoms with Crippen LogP contribution in [0.4, 0.5) is 0 Å². The zero-order chi connectivity index (χ0) is 13.1. The highest BCUT2D eigenvalue weighted by atomic mass is 35.5. The molecule has 0 unspecified atom stereocenters. The lowest BCUT2D eigenvalue weighted by Crippen LogP contribution is -2.09. The number of benzene rings is 1. The van der Waals surface area contributed by atoms with Gasteiger partial charge in [-0.25, -0.2) is 0 Å². The van der Waals surface area contributed by atoms with Gasteiger partial charge in [0.2, 0.25) is 11.7 Å². The quantitative estimate of drug-likeness (QED) is 0.927. The summed E-state index contributed by atoms with van der Waals surface area (Å²) in [5.74, 6) is 0.879. The lowest BCUT2D eigenvalue weighted by atomic mass is 10.2. The fourth-order valence-corrected chi connectivity index (χ4v) is 2.15. The molecule has 0 aliphatic carbocycles. The van der Waals surface area contributed by atoms with Crippen molar-refractivity contribution < 1.29 is 4.52 Å². The van der Waals surface area contributed by atoms with E-state index in [4.69, 9.17) is 33.5 Å². The smallest absolute Gasteiger partial charge is 0.243 e. The first kappa shape index (κ1) is 13.3. The van der Waals surface area contributed by atoms with E-state index in [0.717, 1.165) is 12.8 Å². The van der Waals surface area contributed by atoms with Gasteiger partial charge in [-0.1, -0.05) is 41.7 Å². The van der Waals surface area contributed by atoms with Crippen molar-refractivity contribution in [1.29, 1.82) is 0 Å². The molecule has 0 saturated carbocycles. The number of halogens is 2. The number of nitrogens with zero attached hydrogens (tertiary/aromatic N) is 2. The zero-order valence-corrected chi connectivity index (χ0v) is 11.4. The van der Waals surface area contributed by atoms with Gasteiger partial charge in [0.25, 0.3) is 0 Å². The van der Waals surface area contributed by atoms with Crippen molar-refractivity contribution in [3.63, 3.8) is 0 Å². The van der Waals surface area contributed by atoms with E-state index in [-0.39, 0.29) is 6.04 Å². The highest BCUT2D eigenvalue weighted by Gasteiger charge is 2.15. The zero-order valence-electron chi connectivity index (χ0n) is 9.86. The molecule has 1 heterocycles. The number of aromatic nitrogens is 2. The van der Waals surface area contributed by atoms with Crippen LogP contribution < -0.4 is 5.73 Å². The molecule has 18 heavy (non-hydrogen) atoms. The van der Waals surface area contributed by atoms with Crippen molar-refractivity contribution in [3.05, 3.63) is 34.1 Å². The lowest BCUT2D eigenvalue weighted by molar-refractivity contribution is 0.348. The second-order valence-corrected chi connectivity index (χ2v) is 4.88. The van der Waals surface area contributed by atoms with Gasteiger partial charge >= 0.3 is 0 Å². The Kier molecular flexibility index (Phi) is 4.22. The van der Waals surface area contributed by atoms with Crippen LogP contribution in [0.15, 0.2) is 22.7 Å². The summed E-state index contributed by atoms with van der Waals surface area (Å²) < 4.78 is 5.14. The van der Waals surface area contributed by atoms with Crippen LogP contribution in [0.5, 0.6) is 0 Å². The molecule has 1 aromatic heterocycles. The molecule has 0 spiro atoms. The molecule has 2 N–H and O–H groups in total. The first-order valence-corrected chi connectivity index (χ1v) is 6.41. The largest absolute Gasteiger partial charge is 0.337 e. The fraction of sp³-hybridized carbons (Fsp3) is 0.333. The second kappa shape index (κ2) is 5.69. The Morgan fingerprint density at radius 1 is 1.28 bits per heavy atom. The number of nitrogens with two attached hydrogens (primary N) is 1.